The summed E-state index contributed by atoms with van der Waals surface area (Å²) >= 11 is 1.96. The van der Waals surface area contributed by atoms with E-state index in [4.69, 9.17) is 20.4 Å². The van der Waals surface area contributed by atoms with Crippen molar-refractivity contribution >= 4 is 23.3 Å². The summed E-state index contributed by atoms with van der Waals surface area (Å²) in [6.07, 6.45) is 4.72. The van der Waals surface area contributed by atoms with Crippen LogP contribution in [0.1, 0.15) is 31.4 Å². The molecule has 0 unspecified atom stereocenters. The Morgan fingerprint density at radius 2 is 1.61 bits per heavy atom. The highest BCUT2D eigenvalue weighted by molar-refractivity contribution is 8.00. The number of ether oxygens (including phenoxy) is 1. The number of nitrogens with two attached hydrogens (primary N) is 1. The molecule has 6 heteroatoms. The second-order valence-corrected chi connectivity index (χ2v) is 9.73. The fraction of sp³-hybridized carbons (Fsp3) is 0.360. The van der Waals surface area contributed by atoms with Gasteiger partial charge in [-0.2, -0.15) is 0 Å². The number of thioether (sulfide) groups is 1. The molecule has 31 heavy (non-hydrogen) atoms. The number of hydrogen-bond acceptors (Lipinski definition) is 6. The highest BCUT2D eigenvalue weighted by Crippen LogP contribution is 2.52. The second-order valence-electron chi connectivity index (χ2n) is 8.27. The molecule has 0 radical (unpaired) electrons. The molecule has 2 aliphatic rings. The van der Waals surface area contributed by atoms with Crippen molar-refractivity contribution in [3.8, 4) is 11.4 Å². The Hall–Kier alpha value is -2.57. The van der Waals surface area contributed by atoms with E-state index < -0.39 is 0 Å². The number of morpholine rings is 1. The van der Waals surface area contributed by atoms with E-state index in [2.05, 4.69) is 41.3 Å². The minimum atomic E-state index is -0.0200. The number of hydrogen-bond donors (Lipinski definition) is 1. The van der Waals surface area contributed by atoms with Crippen molar-refractivity contribution in [1.29, 1.82) is 0 Å². The molecule has 1 saturated heterocycles. The Bertz CT molecular complexity index is 1010. The number of benzene rings is 2. The third kappa shape index (κ3) is 4.41. The Labute approximate surface area is 188 Å². The number of nitrogens with zero attached hydrogens (tertiary/aromatic N) is 3. The van der Waals surface area contributed by atoms with Gasteiger partial charge in [-0.05, 0) is 49.2 Å². The minimum absolute atomic E-state index is 0.0200. The van der Waals surface area contributed by atoms with Crippen LogP contribution >= 0.6 is 11.8 Å². The van der Waals surface area contributed by atoms with Crippen molar-refractivity contribution in [3.63, 3.8) is 0 Å². The summed E-state index contributed by atoms with van der Waals surface area (Å²) in [5.41, 5.74) is 8.82. The summed E-state index contributed by atoms with van der Waals surface area (Å²) in [6, 6.07) is 20.8. The second kappa shape index (κ2) is 8.89. The maximum Gasteiger partial charge on any atom is 0.161 e. The summed E-state index contributed by atoms with van der Waals surface area (Å²) in [5.74, 6) is 1.78. The zero-order chi connectivity index (χ0) is 21.1. The Morgan fingerprint density at radius 1 is 0.903 bits per heavy atom. The van der Waals surface area contributed by atoms with Crippen molar-refractivity contribution in [2.75, 3.05) is 36.9 Å². The van der Waals surface area contributed by atoms with Crippen molar-refractivity contribution in [1.82, 2.24) is 9.97 Å². The minimum Gasteiger partial charge on any atom is -0.399 e. The average molecular weight is 433 g/mol. The zero-order valence-electron chi connectivity index (χ0n) is 17.7. The van der Waals surface area contributed by atoms with Crippen LogP contribution in [-0.2, 0) is 9.48 Å². The van der Waals surface area contributed by atoms with Gasteiger partial charge in [0.25, 0.3) is 0 Å². The normalized spacial score (nSPS) is 18.3. The van der Waals surface area contributed by atoms with Gasteiger partial charge in [0.15, 0.2) is 5.82 Å². The molecular weight excluding hydrogens is 404 g/mol. The van der Waals surface area contributed by atoms with Crippen LogP contribution in [0.5, 0.6) is 0 Å². The largest absolute Gasteiger partial charge is 0.399 e. The predicted octanol–water partition coefficient (Wildman–Crippen LogP) is 5.12. The topological polar surface area (TPSA) is 64.3 Å². The third-order valence-electron chi connectivity index (χ3n) is 6.15. The highest BCUT2D eigenvalue weighted by Gasteiger charge is 2.39. The average Bonchev–Trinajstić information content (AvgIpc) is 3.30. The van der Waals surface area contributed by atoms with E-state index in [9.17, 15) is 0 Å². The van der Waals surface area contributed by atoms with E-state index in [1.165, 1.54) is 17.7 Å². The van der Waals surface area contributed by atoms with Crippen LogP contribution in [0.3, 0.4) is 0 Å². The molecule has 5 rings (SSSR count). The molecule has 2 fully saturated rings. The molecule has 1 aliphatic heterocycles. The molecule has 0 spiro atoms. The predicted molar refractivity (Wildman–Crippen MR) is 127 cm³/mol. The molecule has 1 aromatic heterocycles. The number of rotatable bonds is 5. The summed E-state index contributed by atoms with van der Waals surface area (Å²) < 4.78 is 5.56. The van der Waals surface area contributed by atoms with Gasteiger partial charge < -0.3 is 15.4 Å². The molecule has 0 atom stereocenters. The summed E-state index contributed by atoms with van der Waals surface area (Å²) in [7, 11) is 0. The fourth-order valence-corrected chi connectivity index (χ4v) is 5.90. The number of aromatic nitrogens is 2. The Kier molecular flexibility index (Phi) is 5.83. The lowest BCUT2D eigenvalue weighted by Crippen LogP contribution is -2.37. The van der Waals surface area contributed by atoms with E-state index in [-0.39, 0.29) is 4.75 Å². The maximum atomic E-state index is 5.92. The quantitative estimate of drug-likeness (QED) is 0.564. The monoisotopic (exact) mass is 432 g/mol. The van der Waals surface area contributed by atoms with Gasteiger partial charge in [-0.1, -0.05) is 31.0 Å². The smallest absolute Gasteiger partial charge is 0.161 e. The van der Waals surface area contributed by atoms with Gasteiger partial charge in [0.2, 0.25) is 0 Å². The van der Waals surface area contributed by atoms with Crippen molar-refractivity contribution in [2.24, 2.45) is 0 Å². The van der Waals surface area contributed by atoms with Gasteiger partial charge in [-0.15, -0.1) is 11.8 Å². The van der Waals surface area contributed by atoms with Crippen LogP contribution in [-0.4, -0.2) is 36.3 Å². The Balaban J connectivity index is 1.60. The SMILES string of the molecule is Nc1ccc(-c2nc(N3CCOCC3)cc(C3(Sc4ccccc4)CCCC3)n2)cc1. The Morgan fingerprint density at radius 3 is 2.32 bits per heavy atom. The van der Waals surface area contributed by atoms with Crippen molar-refractivity contribution < 1.29 is 4.74 Å². The molecule has 2 heterocycles. The van der Waals surface area contributed by atoms with Gasteiger partial charge in [-0.25, -0.2) is 9.97 Å². The van der Waals surface area contributed by atoms with Gasteiger partial charge >= 0.3 is 0 Å². The molecule has 1 saturated carbocycles. The fourth-order valence-electron chi connectivity index (χ4n) is 4.45. The third-order valence-corrected chi connectivity index (χ3v) is 7.67. The highest BCUT2D eigenvalue weighted by atomic mass is 32.2. The van der Waals surface area contributed by atoms with Gasteiger partial charge in [0.05, 0.1) is 23.7 Å². The van der Waals surface area contributed by atoms with Crippen molar-refractivity contribution in [3.05, 3.63) is 66.4 Å². The van der Waals surface area contributed by atoms with Gasteiger partial charge in [0.1, 0.15) is 5.82 Å². The lowest BCUT2D eigenvalue weighted by atomic mass is 10.0. The maximum absolute atomic E-state index is 5.92. The molecular formula is C25H28N4OS. The van der Waals surface area contributed by atoms with E-state index in [1.807, 2.05) is 36.0 Å². The van der Waals surface area contributed by atoms with Gasteiger partial charge in [0, 0.05) is 35.3 Å². The van der Waals surface area contributed by atoms with E-state index >= 15 is 0 Å². The molecule has 5 nitrogen and oxygen atoms in total. The van der Waals surface area contributed by atoms with Crippen LogP contribution in [0, 0.1) is 0 Å². The van der Waals surface area contributed by atoms with Crippen LogP contribution in [0.2, 0.25) is 0 Å². The molecule has 3 aromatic rings. The molecule has 0 bridgehead atoms. The van der Waals surface area contributed by atoms with E-state index in [0.29, 0.717) is 0 Å². The summed E-state index contributed by atoms with van der Waals surface area (Å²) in [6.45, 7) is 3.19. The lowest BCUT2D eigenvalue weighted by Gasteiger charge is -2.32. The van der Waals surface area contributed by atoms with Crippen LogP contribution < -0.4 is 10.6 Å². The molecule has 0 amide bonds. The van der Waals surface area contributed by atoms with Crippen LogP contribution in [0.15, 0.2) is 65.6 Å². The molecule has 2 N–H and O–H groups in total. The van der Waals surface area contributed by atoms with E-state index in [1.54, 1.807) is 0 Å². The lowest BCUT2D eigenvalue weighted by molar-refractivity contribution is 0.122. The summed E-state index contributed by atoms with van der Waals surface area (Å²) in [4.78, 5) is 13.7. The zero-order valence-corrected chi connectivity index (χ0v) is 18.5. The standard InChI is InChI=1S/C25H28N4OS/c26-20-10-8-19(9-11-20)24-27-22(18-23(28-24)29-14-16-30-17-15-29)25(12-4-5-13-25)31-21-6-2-1-3-7-21/h1-3,6-11,18H,4-5,12-17,26H2. The molecule has 160 valence electrons. The summed E-state index contributed by atoms with van der Waals surface area (Å²) in [5, 5.41) is 0. The van der Waals surface area contributed by atoms with Crippen LogP contribution in [0.25, 0.3) is 11.4 Å². The molecule has 1 aliphatic carbocycles. The first-order valence-electron chi connectivity index (χ1n) is 11.0. The number of anilines is 2. The first-order chi connectivity index (χ1) is 15.2. The molecule has 2 aromatic carbocycles. The number of nitrogen functional groups attached to an aromatic ring is 1. The first-order valence-corrected chi connectivity index (χ1v) is 11.9. The van der Waals surface area contributed by atoms with Crippen LogP contribution in [0.4, 0.5) is 11.5 Å². The first kappa shape index (κ1) is 20.3. The van der Waals surface area contributed by atoms with E-state index in [0.717, 1.165) is 67.7 Å². The van der Waals surface area contributed by atoms with Crippen molar-refractivity contribution in [2.45, 2.75) is 35.3 Å². The van der Waals surface area contributed by atoms with Gasteiger partial charge in [-0.3, -0.25) is 0 Å².